The van der Waals surface area contributed by atoms with Crippen LogP contribution in [0.25, 0.3) is 21.7 Å². The Morgan fingerprint density at radius 1 is 0.969 bits per heavy atom. The van der Waals surface area contributed by atoms with E-state index in [2.05, 4.69) is 20.6 Å². The maximum atomic E-state index is 12.2. The fourth-order valence-corrected chi connectivity index (χ4v) is 3.55. The van der Waals surface area contributed by atoms with E-state index in [0.717, 1.165) is 23.6 Å². The van der Waals surface area contributed by atoms with Gasteiger partial charge in [-0.1, -0.05) is 18.2 Å². The van der Waals surface area contributed by atoms with Crippen molar-refractivity contribution in [2.75, 3.05) is 19.5 Å². The number of carbonyl (C=O) groups excluding carboxylic acids is 1. The van der Waals surface area contributed by atoms with Gasteiger partial charge in [0.15, 0.2) is 11.5 Å². The van der Waals surface area contributed by atoms with Crippen molar-refractivity contribution >= 4 is 33.4 Å². The van der Waals surface area contributed by atoms with E-state index < -0.39 is 0 Å². The molecular weight excluding hydrogens is 408 g/mol. The molecule has 8 heteroatoms. The molecule has 162 valence electrons. The Morgan fingerprint density at radius 2 is 1.78 bits per heavy atom. The molecular formula is C24H22N4O4. The molecule has 1 aliphatic carbocycles. The number of urea groups is 1. The van der Waals surface area contributed by atoms with E-state index in [9.17, 15) is 4.79 Å². The number of hydrogen-bond acceptors (Lipinski definition) is 6. The third-order valence-corrected chi connectivity index (χ3v) is 5.33. The molecule has 1 heterocycles. The molecule has 0 radical (unpaired) electrons. The van der Waals surface area contributed by atoms with Gasteiger partial charge in [-0.2, -0.15) is 0 Å². The van der Waals surface area contributed by atoms with Gasteiger partial charge < -0.3 is 24.8 Å². The first-order valence-electron chi connectivity index (χ1n) is 10.3. The number of amides is 2. The molecule has 2 N–H and O–H groups in total. The number of anilines is 1. The molecule has 2 amide bonds. The minimum atomic E-state index is -0.200. The predicted octanol–water partition coefficient (Wildman–Crippen LogP) is 4.88. The molecule has 1 fully saturated rings. The number of methoxy groups -OCH3 is 2. The van der Waals surface area contributed by atoms with Crippen molar-refractivity contribution in [1.82, 2.24) is 15.3 Å². The largest absolute Gasteiger partial charge is 0.493 e. The van der Waals surface area contributed by atoms with Gasteiger partial charge in [0.1, 0.15) is 12.1 Å². The normalized spacial score (nSPS) is 13.1. The minimum absolute atomic E-state index is 0.200. The van der Waals surface area contributed by atoms with Gasteiger partial charge in [0.25, 0.3) is 0 Å². The van der Waals surface area contributed by atoms with E-state index in [1.165, 1.54) is 6.33 Å². The quantitative estimate of drug-likeness (QED) is 0.453. The van der Waals surface area contributed by atoms with Gasteiger partial charge in [-0.3, -0.25) is 0 Å². The van der Waals surface area contributed by atoms with Gasteiger partial charge in [0, 0.05) is 17.5 Å². The van der Waals surface area contributed by atoms with E-state index in [-0.39, 0.29) is 12.1 Å². The number of nitrogens with one attached hydrogen (secondary N) is 2. The second-order valence-corrected chi connectivity index (χ2v) is 7.57. The number of hydrogen-bond donors (Lipinski definition) is 2. The van der Waals surface area contributed by atoms with Gasteiger partial charge in [-0.15, -0.1) is 0 Å². The maximum Gasteiger partial charge on any atom is 0.319 e. The maximum absolute atomic E-state index is 12.2. The summed E-state index contributed by atoms with van der Waals surface area (Å²) in [5.41, 5.74) is 1.39. The smallest absolute Gasteiger partial charge is 0.319 e. The molecule has 3 aromatic carbocycles. The molecule has 1 aromatic heterocycles. The molecule has 8 nitrogen and oxygen atoms in total. The molecule has 1 aliphatic rings. The van der Waals surface area contributed by atoms with Crippen LogP contribution in [-0.2, 0) is 0 Å². The molecule has 0 aliphatic heterocycles. The Balaban J connectivity index is 1.49. The highest BCUT2D eigenvalue weighted by Gasteiger charge is 2.23. The zero-order valence-corrected chi connectivity index (χ0v) is 17.7. The Bertz CT molecular complexity index is 1320. The zero-order chi connectivity index (χ0) is 22.1. The third kappa shape index (κ3) is 3.94. The lowest BCUT2D eigenvalue weighted by Crippen LogP contribution is -2.30. The van der Waals surface area contributed by atoms with Crippen molar-refractivity contribution in [3.63, 3.8) is 0 Å². The van der Waals surface area contributed by atoms with Crippen LogP contribution in [0.4, 0.5) is 10.5 Å². The van der Waals surface area contributed by atoms with Gasteiger partial charge in [-0.05, 0) is 42.5 Å². The van der Waals surface area contributed by atoms with E-state index >= 15 is 0 Å². The fraction of sp³-hybridized carbons (Fsp3) is 0.208. The highest BCUT2D eigenvalue weighted by atomic mass is 16.5. The number of aromatic nitrogens is 2. The average molecular weight is 430 g/mol. The van der Waals surface area contributed by atoms with E-state index in [1.54, 1.807) is 26.4 Å². The summed E-state index contributed by atoms with van der Waals surface area (Å²) in [5.74, 6) is 2.12. The van der Waals surface area contributed by atoms with Crippen molar-refractivity contribution in [3.05, 3.63) is 54.9 Å². The monoisotopic (exact) mass is 430 g/mol. The van der Waals surface area contributed by atoms with E-state index in [1.807, 2.05) is 36.4 Å². The van der Waals surface area contributed by atoms with Gasteiger partial charge in [0.2, 0.25) is 5.88 Å². The number of benzene rings is 3. The predicted molar refractivity (Wildman–Crippen MR) is 122 cm³/mol. The molecule has 0 unspecified atom stereocenters. The molecule has 4 aromatic rings. The molecule has 5 rings (SSSR count). The van der Waals surface area contributed by atoms with Crippen molar-refractivity contribution in [3.8, 4) is 23.1 Å². The van der Waals surface area contributed by atoms with Crippen LogP contribution in [0.1, 0.15) is 12.8 Å². The van der Waals surface area contributed by atoms with Crippen LogP contribution in [-0.4, -0.2) is 36.3 Å². The number of ether oxygens (including phenoxy) is 3. The summed E-state index contributed by atoms with van der Waals surface area (Å²) < 4.78 is 16.9. The molecule has 0 atom stereocenters. The first-order valence-corrected chi connectivity index (χ1v) is 10.3. The first-order chi connectivity index (χ1) is 15.6. The number of rotatable bonds is 6. The van der Waals surface area contributed by atoms with Gasteiger partial charge in [0.05, 0.1) is 30.8 Å². The third-order valence-electron chi connectivity index (χ3n) is 5.33. The SMILES string of the molecule is COc1cc2ncnc(Oc3ccc4cccc(NC(=O)NC5CC5)c4c3)c2cc1OC. The molecule has 0 bridgehead atoms. The lowest BCUT2D eigenvalue weighted by Gasteiger charge is -2.13. The topological polar surface area (TPSA) is 94.6 Å². The van der Waals surface area contributed by atoms with Crippen LogP contribution in [0.5, 0.6) is 23.1 Å². The summed E-state index contributed by atoms with van der Waals surface area (Å²) in [5, 5.41) is 8.43. The highest BCUT2D eigenvalue weighted by Crippen LogP contribution is 2.36. The summed E-state index contributed by atoms with van der Waals surface area (Å²) >= 11 is 0. The number of carbonyl (C=O) groups is 1. The average Bonchev–Trinajstić information content (AvgIpc) is 3.62. The van der Waals surface area contributed by atoms with Crippen LogP contribution in [0.15, 0.2) is 54.9 Å². The summed E-state index contributed by atoms with van der Waals surface area (Å²) in [6.07, 6.45) is 3.51. The summed E-state index contributed by atoms with van der Waals surface area (Å²) in [6.45, 7) is 0. The van der Waals surface area contributed by atoms with Crippen molar-refractivity contribution in [1.29, 1.82) is 0 Å². The van der Waals surface area contributed by atoms with Crippen LogP contribution in [0, 0.1) is 0 Å². The van der Waals surface area contributed by atoms with Crippen LogP contribution in [0.2, 0.25) is 0 Å². The second-order valence-electron chi connectivity index (χ2n) is 7.57. The Labute approximate surface area is 184 Å². The second kappa shape index (κ2) is 8.22. The fourth-order valence-electron chi connectivity index (χ4n) is 3.55. The summed E-state index contributed by atoms with van der Waals surface area (Å²) in [4.78, 5) is 20.9. The number of nitrogens with zero attached hydrogens (tertiary/aromatic N) is 2. The molecule has 0 spiro atoms. The first kappa shape index (κ1) is 19.9. The van der Waals surface area contributed by atoms with Gasteiger partial charge in [-0.25, -0.2) is 14.8 Å². The molecule has 0 saturated heterocycles. The van der Waals surface area contributed by atoms with E-state index in [4.69, 9.17) is 14.2 Å². The lowest BCUT2D eigenvalue weighted by atomic mass is 10.1. The Hall–Kier alpha value is -4.07. The van der Waals surface area contributed by atoms with Crippen LogP contribution in [0.3, 0.4) is 0 Å². The standard InChI is InChI=1S/C24H22N4O4/c1-30-21-11-18-20(12-22(21)31-2)25-13-26-23(18)32-16-9-6-14-4-3-5-19(17(14)10-16)28-24(29)27-15-7-8-15/h3-6,9-13,15H,7-8H2,1-2H3,(H2,27,28,29). The van der Waals surface area contributed by atoms with Crippen molar-refractivity contribution in [2.24, 2.45) is 0 Å². The van der Waals surface area contributed by atoms with Gasteiger partial charge >= 0.3 is 6.03 Å². The Kier molecular flexibility index (Phi) is 5.10. The number of fused-ring (bicyclic) bond motifs is 2. The van der Waals surface area contributed by atoms with Crippen molar-refractivity contribution in [2.45, 2.75) is 18.9 Å². The Morgan fingerprint density at radius 3 is 2.56 bits per heavy atom. The summed E-state index contributed by atoms with van der Waals surface area (Å²) in [6, 6.07) is 15.1. The van der Waals surface area contributed by atoms with Crippen LogP contribution < -0.4 is 24.8 Å². The zero-order valence-electron chi connectivity index (χ0n) is 17.7. The summed E-state index contributed by atoms with van der Waals surface area (Å²) in [7, 11) is 3.15. The van der Waals surface area contributed by atoms with Crippen molar-refractivity contribution < 1.29 is 19.0 Å². The molecule has 32 heavy (non-hydrogen) atoms. The highest BCUT2D eigenvalue weighted by molar-refractivity contribution is 6.02. The van der Waals surface area contributed by atoms with Crippen LogP contribution >= 0.6 is 0 Å². The van der Waals surface area contributed by atoms with E-state index in [0.29, 0.717) is 39.7 Å². The lowest BCUT2D eigenvalue weighted by molar-refractivity contribution is 0.251. The molecule has 1 saturated carbocycles. The minimum Gasteiger partial charge on any atom is -0.493 e.